The molecule has 0 heterocycles. The van der Waals surface area contributed by atoms with Crippen LogP contribution in [0.25, 0.3) is 0 Å². The maximum absolute atomic E-state index is 12.0. The summed E-state index contributed by atoms with van der Waals surface area (Å²) in [6.07, 6.45) is 0.0476. The predicted octanol–water partition coefficient (Wildman–Crippen LogP) is 2.90. The summed E-state index contributed by atoms with van der Waals surface area (Å²) >= 11 is 0. The first-order valence-electron chi connectivity index (χ1n) is 7.50. The monoisotopic (exact) mass is 332 g/mol. The molecule has 0 saturated heterocycles. The maximum Gasteiger partial charge on any atom is 0.306 e. The van der Waals surface area contributed by atoms with E-state index in [4.69, 9.17) is 9.47 Å². The second-order valence-corrected chi connectivity index (χ2v) is 5.24. The van der Waals surface area contributed by atoms with Crippen LogP contribution in [-0.2, 0) is 9.53 Å². The van der Waals surface area contributed by atoms with Crippen molar-refractivity contribution in [1.82, 2.24) is 0 Å². The van der Waals surface area contributed by atoms with Gasteiger partial charge in [-0.15, -0.1) is 0 Å². The van der Waals surface area contributed by atoms with Gasteiger partial charge < -0.3 is 24.8 Å². The molecule has 0 aliphatic rings. The largest absolute Gasteiger partial charge is 0.504 e. The highest BCUT2D eigenvalue weighted by molar-refractivity contribution is 5.71. The van der Waals surface area contributed by atoms with Gasteiger partial charge >= 0.3 is 5.97 Å². The highest BCUT2D eigenvalue weighted by Gasteiger charge is 2.21. The second-order valence-electron chi connectivity index (χ2n) is 5.24. The third-order valence-electron chi connectivity index (χ3n) is 3.68. The molecule has 1 unspecified atom stereocenters. The molecule has 2 aromatic rings. The molecule has 3 N–H and O–H groups in total. The van der Waals surface area contributed by atoms with E-state index in [1.165, 1.54) is 25.3 Å². The molecule has 0 saturated carbocycles. The van der Waals surface area contributed by atoms with Gasteiger partial charge in [0.15, 0.2) is 23.0 Å². The zero-order chi connectivity index (χ0) is 17.7. The topological polar surface area (TPSA) is 96.2 Å². The molecule has 0 radical (unpaired) electrons. The molecule has 6 heteroatoms. The molecule has 1 atom stereocenters. The molecule has 0 amide bonds. The van der Waals surface area contributed by atoms with Crippen LogP contribution in [0.5, 0.6) is 23.0 Å². The number of esters is 1. The lowest BCUT2D eigenvalue weighted by molar-refractivity contribution is -0.143. The second kappa shape index (κ2) is 7.59. The Bertz CT molecular complexity index is 725. The van der Waals surface area contributed by atoms with Crippen LogP contribution < -0.4 is 4.74 Å². The van der Waals surface area contributed by atoms with Crippen LogP contribution in [-0.4, -0.2) is 35.0 Å². The fourth-order valence-corrected chi connectivity index (χ4v) is 2.48. The van der Waals surface area contributed by atoms with Gasteiger partial charge in [0.05, 0.1) is 20.1 Å². The first-order valence-corrected chi connectivity index (χ1v) is 7.50. The molecule has 2 rings (SSSR count). The van der Waals surface area contributed by atoms with Gasteiger partial charge in [0.2, 0.25) is 0 Å². The predicted molar refractivity (Wildman–Crippen MR) is 87.5 cm³/mol. The van der Waals surface area contributed by atoms with Gasteiger partial charge in [0.1, 0.15) is 0 Å². The molecule has 0 aromatic heterocycles. The highest BCUT2D eigenvalue weighted by atomic mass is 16.5. The van der Waals surface area contributed by atoms with Crippen molar-refractivity contribution in [3.8, 4) is 23.0 Å². The molecule has 0 aliphatic heterocycles. The van der Waals surface area contributed by atoms with Gasteiger partial charge in [0, 0.05) is 5.92 Å². The molecule has 6 nitrogen and oxygen atoms in total. The fourth-order valence-electron chi connectivity index (χ4n) is 2.48. The summed E-state index contributed by atoms with van der Waals surface area (Å²) in [5.41, 5.74) is 1.34. The summed E-state index contributed by atoms with van der Waals surface area (Å²) in [5, 5.41) is 29.0. The summed E-state index contributed by atoms with van der Waals surface area (Å²) in [6, 6.07) is 9.17. The number of hydrogen-bond donors (Lipinski definition) is 3. The molecular formula is C18H20O6. The van der Waals surface area contributed by atoms with Crippen molar-refractivity contribution >= 4 is 5.97 Å². The average Bonchev–Trinajstić information content (AvgIpc) is 2.56. The lowest BCUT2D eigenvalue weighted by Crippen LogP contribution is -2.12. The van der Waals surface area contributed by atoms with E-state index in [1.54, 1.807) is 25.1 Å². The van der Waals surface area contributed by atoms with E-state index in [2.05, 4.69) is 0 Å². The number of phenolic OH excluding ortho intramolecular Hbond substituents is 3. The van der Waals surface area contributed by atoms with E-state index in [1.807, 2.05) is 0 Å². The Labute approximate surface area is 139 Å². The summed E-state index contributed by atoms with van der Waals surface area (Å²) in [4.78, 5) is 12.0. The zero-order valence-corrected chi connectivity index (χ0v) is 13.5. The standard InChI is InChI=1S/C18H20O6/c1-3-24-18(22)10-13(11-4-6-14(19)16(21)8-11)12-5-7-15(20)17(9-12)23-2/h4-9,13,19-21H,3,10H2,1-2H3. The zero-order valence-electron chi connectivity index (χ0n) is 13.5. The number of aromatic hydroxyl groups is 3. The Morgan fingerprint density at radius 3 is 2.21 bits per heavy atom. The Hall–Kier alpha value is -2.89. The number of carbonyl (C=O) groups is 1. The number of benzene rings is 2. The molecule has 0 spiro atoms. The van der Waals surface area contributed by atoms with Crippen molar-refractivity contribution in [2.75, 3.05) is 13.7 Å². The third kappa shape index (κ3) is 3.90. The minimum absolute atomic E-state index is 0.00955. The number of rotatable bonds is 6. The van der Waals surface area contributed by atoms with Crippen LogP contribution in [0, 0.1) is 0 Å². The van der Waals surface area contributed by atoms with Crippen molar-refractivity contribution in [3.63, 3.8) is 0 Å². The quantitative estimate of drug-likeness (QED) is 0.556. The van der Waals surface area contributed by atoms with Gasteiger partial charge in [0.25, 0.3) is 0 Å². The Morgan fingerprint density at radius 1 is 1.00 bits per heavy atom. The van der Waals surface area contributed by atoms with Crippen LogP contribution in [0.1, 0.15) is 30.4 Å². The number of ether oxygens (including phenoxy) is 2. The molecule has 0 bridgehead atoms. The third-order valence-corrected chi connectivity index (χ3v) is 3.68. The van der Waals surface area contributed by atoms with Crippen molar-refractivity contribution < 1.29 is 29.6 Å². The molecule has 0 aliphatic carbocycles. The van der Waals surface area contributed by atoms with Crippen molar-refractivity contribution in [1.29, 1.82) is 0 Å². The number of phenols is 3. The SMILES string of the molecule is CCOC(=O)CC(c1ccc(O)c(O)c1)c1ccc(O)c(OC)c1. The van der Waals surface area contributed by atoms with Crippen LogP contribution in [0.2, 0.25) is 0 Å². The highest BCUT2D eigenvalue weighted by Crippen LogP contribution is 2.37. The Balaban J connectivity index is 2.45. The minimum atomic E-state index is -0.426. The minimum Gasteiger partial charge on any atom is -0.504 e. The van der Waals surface area contributed by atoms with Crippen LogP contribution in [0.4, 0.5) is 0 Å². The van der Waals surface area contributed by atoms with E-state index < -0.39 is 5.92 Å². The normalized spacial score (nSPS) is 11.8. The van der Waals surface area contributed by atoms with E-state index in [-0.39, 0.29) is 42.0 Å². The summed E-state index contributed by atoms with van der Waals surface area (Å²) in [5.74, 6) is -1.05. The van der Waals surface area contributed by atoms with Gasteiger partial charge in [-0.25, -0.2) is 0 Å². The molecule has 24 heavy (non-hydrogen) atoms. The number of hydrogen-bond acceptors (Lipinski definition) is 6. The first kappa shape index (κ1) is 17.5. The molecule has 128 valence electrons. The summed E-state index contributed by atoms with van der Waals surface area (Å²) in [6.45, 7) is 1.99. The fraction of sp³-hybridized carbons (Fsp3) is 0.278. The molecule has 2 aromatic carbocycles. The molecular weight excluding hydrogens is 312 g/mol. The summed E-state index contributed by atoms with van der Waals surface area (Å²) < 4.78 is 10.1. The van der Waals surface area contributed by atoms with Gasteiger partial charge in [-0.1, -0.05) is 12.1 Å². The van der Waals surface area contributed by atoms with Crippen molar-refractivity contribution in [3.05, 3.63) is 47.5 Å². The van der Waals surface area contributed by atoms with Gasteiger partial charge in [-0.05, 0) is 42.3 Å². The van der Waals surface area contributed by atoms with E-state index in [0.29, 0.717) is 11.1 Å². The van der Waals surface area contributed by atoms with Crippen LogP contribution >= 0.6 is 0 Å². The van der Waals surface area contributed by atoms with Crippen LogP contribution in [0.3, 0.4) is 0 Å². The first-order chi connectivity index (χ1) is 11.5. The van der Waals surface area contributed by atoms with Crippen molar-refractivity contribution in [2.45, 2.75) is 19.3 Å². The van der Waals surface area contributed by atoms with Crippen LogP contribution in [0.15, 0.2) is 36.4 Å². The Kier molecular flexibility index (Phi) is 5.52. The van der Waals surface area contributed by atoms with E-state index in [9.17, 15) is 20.1 Å². The Morgan fingerprint density at radius 2 is 1.62 bits per heavy atom. The number of carbonyl (C=O) groups excluding carboxylic acids is 1. The number of methoxy groups -OCH3 is 1. The van der Waals surface area contributed by atoms with Gasteiger partial charge in [-0.3, -0.25) is 4.79 Å². The van der Waals surface area contributed by atoms with Crippen molar-refractivity contribution in [2.24, 2.45) is 0 Å². The lowest BCUT2D eigenvalue weighted by atomic mass is 9.88. The molecule has 0 fully saturated rings. The van der Waals surface area contributed by atoms with E-state index in [0.717, 1.165) is 0 Å². The smallest absolute Gasteiger partial charge is 0.306 e. The summed E-state index contributed by atoms with van der Waals surface area (Å²) in [7, 11) is 1.44. The van der Waals surface area contributed by atoms with Gasteiger partial charge in [-0.2, -0.15) is 0 Å². The lowest BCUT2D eigenvalue weighted by Gasteiger charge is -2.19. The van der Waals surface area contributed by atoms with E-state index >= 15 is 0 Å². The maximum atomic E-state index is 12.0. The average molecular weight is 332 g/mol.